The molecule has 1 fully saturated rings. The van der Waals surface area contributed by atoms with E-state index in [1.807, 2.05) is 25.1 Å². The molecule has 1 saturated carbocycles. The second-order valence-electron chi connectivity index (χ2n) is 6.60. The van der Waals surface area contributed by atoms with Gasteiger partial charge in [0.1, 0.15) is 0 Å². The second kappa shape index (κ2) is 5.83. The number of nitrogens with two attached hydrogens (primary N) is 1. The Hall–Kier alpha value is -1.55. The number of hydrazine groups is 1. The van der Waals surface area contributed by atoms with Crippen LogP contribution < -0.4 is 16.6 Å². The molecule has 0 spiro atoms. The largest absolute Gasteiger partial charge is 0.349 e. The average Bonchev–Trinajstić information content (AvgIpc) is 2.37. The van der Waals surface area contributed by atoms with E-state index in [-0.39, 0.29) is 5.91 Å². The van der Waals surface area contributed by atoms with Gasteiger partial charge in [0, 0.05) is 11.6 Å². The maximum Gasteiger partial charge on any atom is 0.251 e. The van der Waals surface area contributed by atoms with Crippen molar-refractivity contribution < 1.29 is 4.79 Å². The van der Waals surface area contributed by atoms with Crippen LogP contribution in [0.4, 0.5) is 5.69 Å². The van der Waals surface area contributed by atoms with Crippen molar-refractivity contribution in [3.05, 3.63) is 29.3 Å². The Morgan fingerprint density at radius 1 is 1.40 bits per heavy atom. The van der Waals surface area contributed by atoms with Crippen LogP contribution in [0.1, 0.15) is 55.5 Å². The number of nitrogens with one attached hydrogen (secondary N) is 2. The minimum absolute atomic E-state index is 0.0133. The van der Waals surface area contributed by atoms with E-state index in [0.717, 1.165) is 24.1 Å². The van der Waals surface area contributed by atoms with Gasteiger partial charge in [0.15, 0.2) is 0 Å². The van der Waals surface area contributed by atoms with E-state index >= 15 is 0 Å². The molecule has 0 aliphatic heterocycles. The zero-order chi connectivity index (χ0) is 14.8. The lowest BCUT2D eigenvalue weighted by atomic mass is 9.75. The SMILES string of the molecule is Cc1cc(C(=O)NC2CCCC(C)(C)C2)ccc1NN. The lowest BCUT2D eigenvalue weighted by Gasteiger charge is -2.35. The van der Waals surface area contributed by atoms with Crippen molar-refractivity contribution in [2.45, 2.75) is 52.5 Å². The molecule has 1 aromatic carbocycles. The topological polar surface area (TPSA) is 67.2 Å². The van der Waals surface area contributed by atoms with Crippen LogP contribution in [0.25, 0.3) is 0 Å². The van der Waals surface area contributed by atoms with Gasteiger partial charge in [-0.1, -0.05) is 20.3 Å². The van der Waals surface area contributed by atoms with Crippen LogP contribution in [0.3, 0.4) is 0 Å². The van der Waals surface area contributed by atoms with E-state index < -0.39 is 0 Å². The highest BCUT2D eigenvalue weighted by molar-refractivity contribution is 5.95. The van der Waals surface area contributed by atoms with Crippen molar-refractivity contribution in [1.29, 1.82) is 0 Å². The summed E-state index contributed by atoms with van der Waals surface area (Å²) in [6, 6.07) is 5.82. The zero-order valence-corrected chi connectivity index (χ0v) is 12.6. The van der Waals surface area contributed by atoms with Gasteiger partial charge >= 0.3 is 0 Å². The third-order valence-electron chi connectivity index (χ3n) is 4.18. The maximum atomic E-state index is 12.3. The number of nitrogen functional groups attached to an aromatic ring is 1. The average molecular weight is 275 g/mol. The van der Waals surface area contributed by atoms with Crippen molar-refractivity contribution >= 4 is 11.6 Å². The summed E-state index contributed by atoms with van der Waals surface area (Å²) in [5, 5.41) is 3.16. The van der Waals surface area contributed by atoms with Crippen molar-refractivity contribution in [3.63, 3.8) is 0 Å². The molecule has 0 saturated heterocycles. The third kappa shape index (κ3) is 3.51. The van der Waals surface area contributed by atoms with Gasteiger partial charge in [-0.3, -0.25) is 10.6 Å². The Bertz CT molecular complexity index is 496. The highest BCUT2D eigenvalue weighted by Crippen LogP contribution is 2.35. The molecule has 4 nitrogen and oxygen atoms in total. The molecule has 1 aliphatic rings. The molecule has 0 heterocycles. The first-order valence-electron chi connectivity index (χ1n) is 7.29. The Kier molecular flexibility index (Phi) is 4.33. The van der Waals surface area contributed by atoms with Gasteiger partial charge in [0.25, 0.3) is 5.91 Å². The van der Waals surface area contributed by atoms with Gasteiger partial charge in [0.05, 0.1) is 5.69 Å². The smallest absolute Gasteiger partial charge is 0.251 e. The Labute approximate surface area is 121 Å². The summed E-state index contributed by atoms with van der Waals surface area (Å²) in [7, 11) is 0. The molecule has 2 rings (SSSR count). The molecule has 1 aromatic rings. The Balaban J connectivity index is 2.03. The summed E-state index contributed by atoms with van der Waals surface area (Å²) in [5.74, 6) is 5.42. The first-order chi connectivity index (χ1) is 9.41. The predicted octanol–water partition coefficient (Wildman–Crippen LogP) is 2.98. The molecule has 0 aromatic heterocycles. The van der Waals surface area contributed by atoms with E-state index in [2.05, 4.69) is 24.6 Å². The van der Waals surface area contributed by atoms with Crippen LogP contribution in [0.2, 0.25) is 0 Å². The standard InChI is InChI=1S/C16H25N3O/c1-11-9-12(6-7-14(11)19-17)15(20)18-13-5-4-8-16(2,3)10-13/h6-7,9,13,19H,4-5,8,10,17H2,1-3H3,(H,18,20). The quantitative estimate of drug-likeness (QED) is 0.587. The number of anilines is 1. The Morgan fingerprint density at radius 3 is 2.75 bits per heavy atom. The van der Waals surface area contributed by atoms with Gasteiger partial charge in [-0.05, 0) is 55.4 Å². The molecular weight excluding hydrogens is 250 g/mol. The number of aryl methyl sites for hydroxylation is 1. The summed E-state index contributed by atoms with van der Waals surface area (Å²) in [6.07, 6.45) is 4.57. The van der Waals surface area contributed by atoms with E-state index in [9.17, 15) is 4.79 Å². The summed E-state index contributed by atoms with van der Waals surface area (Å²) in [6.45, 7) is 6.49. The third-order valence-corrected chi connectivity index (χ3v) is 4.18. The van der Waals surface area contributed by atoms with E-state index in [0.29, 0.717) is 17.0 Å². The molecule has 20 heavy (non-hydrogen) atoms. The lowest BCUT2D eigenvalue weighted by Crippen LogP contribution is -2.40. The number of amides is 1. The molecule has 1 amide bonds. The minimum Gasteiger partial charge on any atom is -0.349 e. The van der Waals surface area contributed by atoms with Crippen LogP contribution in [-0.4, -0.2) is 11.9 Å². The van der Waals surface area contributed by atoms with Crippen LogP contribution in [0.5, 0.6) is 0 Å². The van der Waals surface area contributed by atoms with E-state index in [1.165, 1.54) is 12.8 Å². The number of benzene rings is 1. The number of carbonyl (C=O) groups excluding carboxylic acids is 1. The predicted molar refractivity (Wildman–Crippen MR) is 82.5 cm³/mol. The molecule has 0 bridgehead atoms. The van der Waals surface area contributed by atoms with Crippen molar-refractivity contribution in [3.8, 4) is 0 Å². The summed E-state index contributed by atoms with van der Waals surface area (Å²) < 4.78 is 0. The summed E-state index contributed by atoms with van der Waals surface area (Å²) in [5.41, 5.74) is 5.48. The fourth-order valence-corrected chi connectivity index (χ4v) is 3.06. The monoisotopic (exact) mass is 275 g/mol. The van der Waals surface area contributed by atoms with Crippen LogP contribution in [-0.2, 0) is 0 Å². The number of carbonyl (C=O) groups is 1. The van der Waals surface area contributed by atoms with Crippen LogP contribution in [0.15, 0.2) is 18.2 Å². The number of hydrogen-bond acceptors (Lipinski definition) is 3. The van der Waals surface area contributed by atoms with Gasteiger partial charge < -0.3 is 10.7 Å². The van der Waals surface area contributed by atoms with Crippen molar-refractivity contribution in [2.75, 3.05) is 5.43 Å². The lowest BCUT2D eigenvalue weighted by molar-refractivity contribution is 0.0902. The van der Waals surface area contributed by atoms with E-state index in [4.69, 9.17) is 5.84 Å². The molecule has 4 N–H and O–H groups in total. The fraction of sp³-hybridized carbons (Fsp3) is 0.562. The number of rotatable bonds is 3. The van der Waals surface area contributed by atoms with Crippen molar-refractivity contribution in [1.82, 2.24) is 5.32 Å². The summed E-state index contributed by atoms with van der Waals surface area (Å²) in [4.78, 5) is 12.3. The van der Waals surface area contributed by atoms with Gasteiger partial charge in [-0.15, -0.1) is 0 Å². The van der Waals surface area contributed by atoms with Crippen molar-refractivity contribution in [2.24, 2.45) is 11.3 Å². The van der Waals surface area contributed by atoms with Crippen LogP contribution in [0, 0.1) is 12.3 Å². The normalized spacial score (nSPS) is 21.3. The molecule has 1 atom stereocenters. The minimum atomic E-state index is 0.0133. The highest BCUT2D eigenvalue weighted by Gasteiger charge is 2.28. The maximum absolute atomic E-state index is 12.3. The zero-order valence-electron chi connectivity index (χ0n) is 12.6. The first-order valence-corrected chi connectivity index (χ1v) is 7.29. The first kappa shape index (κ1) is 14.9. The highest BCUT2D eigenvalue weighted by atomic mass is 16.1. The molecule has 1 aliphatic carbocycles. The Morgan fingerprint density at radius 2 is 2.15 bits per heavy atom. The number of hydrogen-bond donors (Lipinski definition) is 3. The molecule has 0 radical (unpaired) electrons. The van der Waals surface area contributed by atoms with Crippen LogP contribution >= 0.6 is 0 Å². The molecule has 110 valence electrons. The molecule has 4 heteroatoms. The van der Waals surface area contributed by atoms with E-state index in [1.54, 1.807) is 0 Å². The van der Waals surface area contributed by atoms with Gasteiger partial charge in [0.2, 0.25) is 0 Å². The summed E-state index contributed by atoms with van der Waals surface area (Å²) >= 11 is 0. The second-order valence-corrected chi connectivity index (χ2v) is 6.60. The van der Waals surface area contributed by atoms with Gasteiger partial charge in [-0.25, -0.2) is 0 Å². The van der Waals surface area contributed by atoms with Gasteiger partial charge in [-0.2, -0.15) is 0 Å². The molecular formula is C16H25N3O. The molecule has 1 unspecified atom stereocenters. The fourth-order valence-electron chi connectivity index (χ4n) is 3.06.